The Bertz CT molecular complexity index is 938. The lowest BCUT2D eigenvalue weighted by Crippen LogP contribution is -2.46. The first-order valence-electron chi connectivity index (χ1n) is 8.60. The zero-order valence-corrected chi connectivity index (χ0v) is 15.6. The number of likely N-dealkylation sites (tertiary alicyclic amines) is 1. The molecule has 0 spiro atoms. The molecule has 2 atom stereocenters. The lowest BCUT2D eigenvalue weighted by molar-refractivity contribution is 0.230. The smallest absolute Gasteiger partial charge is 0.203 e. The largest absolute Gasteiger partial charge is 0.348 e. The van der Waals surface area contributed by atoms with Gasteiger partial charge in [-0.15, -0.1) is 10.2 Å². The summed E-state index contributed by atoms with van der Waals surface area (Å²) in [4.78, 5) is 9.64. The van der Waals surface area contributed by atoms with Crippen LogP contribution in [0.4, 0.5) is 5.82 Å². The number of piperazine rings is 1. The van der Waals surface area contributed by atoms with Gasteiger partial charge in [0.15, 0.2) is 5.82 Å². The second-order valence-electron chi connectivity index (χ2n) is 6.95. The minimum atomic E-state index is 0.507. The van der Waals surface area contributed by atoms with Gasteiger partial charge in [-0.05, 0) is 31.0 Å². The van der Waals surface area contributed by atoms with E-state index < -0.39 is 0 Å². The number of halogens is 1. The third-order valence-electron chi connectivity index (χ3n) is 5.38. The molecule has 2 bridgehead atoms. The van der Waals surface area contributed by atoms with Crippen molar-refractivity contribution in [1.29, 1.82) is 0 Å². The Balaban J connectivity index is 1.37. The fraction of sp³-hybridized carbons (Fsp3) is 0.389. The Labute approximate surface area is 154 Å². The number of hydrogen-bond donors (Lipinski definition) is 0. The molecular weight excluding hydrogens is 380 g/mol. The first-order valence-corrected chi connectivity index (χ1v) is 9.40. The summed E-state index contributed by atoms with van der Waals surface area (Å²) in [6, 6.07) is 9.69. The average molecular weight is 399 g/mol. The minimum absolute atomic E-state index is 0.507. The van der Waals surface area contributed by atoms with E-state index in [4.69, 9.17) is 0 Å². The molecule has 5 rings (SSSR count). The highest BCUT2D eigenvalue weighted by molar-refractivity contribution is 9.10. The summed E-state index contributed by atoms with van der Waals surface area (Å²) in [6.07, 6.45) is 4.98. The van der Waals surface area contributed by atoms with Crippen LogP contribution in [0, 0.1) is 6.92 Å². The number of benzene rings is 1. The third-order valence-corrected chi connectivity index (χ3v) is 5.87. The van der Waals surface area contributed by atoms with Crippen molar-refractivity contribution in [2.24, 2.45) is 0 Å². The van der Waals surface area contributed by atoms with Crippen molar-refractivity contribution in [3.05, 3.63) is 52.5 Å². The molecule has 2 saturated heterocycles. The van der Waals surface area contributed by atoms with Gasteiger partial charge in [-0.1, -0.05) is 28.1 Å². The Morgan fingerprint density at radius 1 is 1.20 bits per heavy atom. The summed E-state index contributed by atoms with van der Waals surface area (Å²) >= 11 is 3.57. The van der Waals surface area contributed by atoms with Gasteiger partial charge in [0, 0.05) is 48.6 Å². The fourth-order valence-corrected chi connectivity index (χ4v) is 4.65. The number of aryl methyl sites for hydroxylation is 1. The summed E-state index contributed by atoms with van der Waals surface area (Å²) in [6.45, 7) is 5.07. The van der Waals surface area contributed by atoms with E-state index >= 15 is 0 Å². The van der Waals surface area contributed by atoms with Crippen molar-refractivity contribution in [3.8, 4) is 0 Å². The molecule has 7 heteroatoms. The van der Waals surface area contributed by atoms with E-state index in [0.717, 1.165) is 41.4 Å². The van der Waals surface area contributed by atoms with Gasteiger partial charge in [0.2, 0.25) is 5.65 Å². The molecule has 2 fully saturated rings. The van der Waals surface area contributed by atoms with E-state index in [2.05, 4.69) is 65.2 Å². The Kier molecular flexibility index (Phi) is 3.53. The lowest BCUT2D eigenvalue weighted by atomic mass is 10.2. The number of aromatic nitrogens is 4. The normalized spacial score (nSPS) is 23.0. The first kappa shape index (κ1) is 15.3. The number of hydrogen-bond acceptors (Lipinski definition) is 5. The van der Waals surface area contributed by atoms with Crippen molar-refractivity contribution in [2.75, 3.05) is 18.0 Å². The van der Waals surface area contributed by atoms with Crippen molar-refractivity contribution in [2.45, 2.75) is 32.0 Å². The Hall–Kier alpha value is -1.99. The SMILES string of the molecule is Cc1nnc2c(N3CC4CC3CN4Cc3cccc(Br)c3)nccn12. The van der Waals surface area contributed by atoms with E-state index in [9.17, 15) is 0 Å². The monoisotopic (exact) mass is 398 g/mol. The fourth-order valence-electron chi connectivity index (χ4n) is 4.20. The maximum Gasteiger partial charge on any atom is 0.203 e. The second-order valence-corrected chi connectivity index (χ2v) is 7.86. The standard InChI is InChI=1S/C18H19BrN6/c1-12-21-22-18-17(20-5-6-24(12)18)25-11-15-8-16(25)10-23(15)9-13-3-2-4-14(19)7-13/h2-7,15-16H,8-11H2,1H3. The number of nitrogens with zero attached hydrogens (tertiary/aromatic N) is 6. The predicted molar refractivity (Wildman–Crippen MR) is 99.6 cm³/mol. The van der Waals surface area contributed by atoms with Crippen molar-refractivity contribution in [3.63, 3.8) is 0 Å². The van der Waals surface area contributed by atoms with Crippen LogP contribution in [-0.4, -0.2) is 49.7 Å². The van der Waals surface area contributed by atoms with E-state index in [-0.39, 0.29) is 0 Å². The quantitative estimate of drug-likeness (QED) is 0.678. The Morgan fingerprint density at radius 3 is 2.92 bits per heavy atom. The van der Waals surface area contributed by atoms with Crippen LogP contribution >= 0.6 is 15.9 Å². The zero-order valence-electron chi connectivity index (χ0n) is 14.0. The summed E-state index contributed by atoms with van der Waals surface area (Å²) in [5, 5.41) is 8.53. The molecule has 0 N–H and O–H groups in total. The molecule has 2 aliphatic rings. The van der Waals surface area contributed by atoms with E-state index in [0.29, 0.717) is 12.1 Å². The van der Waals surface area contributed by atoms with Gasteiger partial charge in [-0.2, -0.15) is 0 Å². The van der Waals surface area contributed by atoms with Gasteiger partial charge < -0.3 is 4.90 Å². The molecule has 0 amide bonds. The molecule has 128 valence electrons. The van der Waals surface area contributed by atoms with Gasteiger partial charge >= 0.3 is 0 Å². The van der Waals surface area contributed by atoms with Crippen molar-refractivity contribution in [1.82, 2.24) is 24.5 Å². The second kappa shape index (κ2) is 5.78. The molecule has 0 saturated carbocycles. The van der Waals surface area contributed by atoms with Crippen LogP contribution in [0.2, 0.25) is 0 Å². The summed E-state index contributed by atoms with van der Waals surface area (Å²) in [5.41, 5.74) is 2.23. The van der Waals surface area contributed by atoms with E-state index in [1.165, 1.54) is 12.0 Å². The molecular formula is C18H19BrN6. The third kappa shape index (κ3) is 2.53. The average Bonchev–Trinajstić information content (AvgIpc) is 3.29. The maximum atomic E-state index is 4.62. The Morgan fingerprint density at radius 2 is 2.12 bits per heavy atom. The van der Waals surface area contributed by atoms with Gasteiger partial charge in [0.05, 0.1) is 0 Å². The van der Waals surface area contributed by atoms with Crippen molar-refractivity contribution >= 4 is 27.4 Å². The topological polar surface area (TPSA) is 49.6 Å². The van der Waals surface area contributed by atoms with E-state index in [1.54, 1.807) is 0 Å². The van der Waals surface area contributed by atoms with Gasteiger partial charge in [-0.25, -0.2) is 4.98 Å². The molecule has 2 aliphatic heterocycles. The minimum Gasteiger partial charge on any atom is -0.348 e. The zero-order chi connectivity index (χ0) is 17.0. The number of fused-ring (bicyclic) bond motifs is 3. The molecule has 2 unspecified atom stereocenters. The highest BCUT2D eigenvalue weighted by Gasteiger charge is 2.44. The van der Waals surface area contributed by atoms with Crippen LogP contribution in [0.15, 0.2) is 41.1 Å². The maximum absolute atomic E-state index is 4.62. The van der Waals surface area contributed by atoms with Crippen LogP contribution < -0.4 is 4.90 Å². The van der Waals surface area contributed by atoms with Crippen LogP contribution in [0.25, 0.3) is 5.65 Å². The molecule has 6 nitrogen and oxygen atoms in total. The van der Waals surface area contributed by atoms with Gasteiger partial charge in [0.25, 0.3) is 0 Å². The lowest BCUT2D eigenvalue weighted by Gasteiger charge is -2.34. The molecule has 25 heavy (non-hydrogen) atoms. The van der Waals surface area contributed by atoms with Gasteiger partial charge in [-0.3, -0.25) is 9.30 Å². The highest BCUT2D eigenvalue weighted by atomic mass is 79.9. The molecule has 1 aromatic carbocycles. The molecule has 4 heterocycles. The summed E-state index contributed by atoms with van der Waals surface area (Å²) in [5.74, 6) is 1.87. The molecule has 0 aliphatic carbocycles. The first-order chi connectivity index (χ1) is 12.2. The number of anilines is 1. The highest BCUT2D eigenvalue weighted by Crippen LogP contribution is 2.35. The van der Waals surface area contributed by atoms with E-state index in [1.807, 2.05) is 23.7 Å². The summed E-state index contributed by atoms with van der Waals surface area (Å²) < 4.78 is 3.17. The molecule has 3 aromatic rings. The van der Waals surface area contributed by atoms with Crippen LogP contribution in [0.3, 0.4) is 0 Å². The van der Waals surface area contributed by atoms with Crippen LogP contribution in [0.1, 0.15) is 17.8 Å². The predicted octanol–water partition coefficient (Wildman–Crippen LogP) is 2.66. The molecule has 0 radical (unpaired) electrons. The van der Waals surface area contributed by atoms with Crippen LogP contribution in [-0.2, 0) is 6.54 Å². The molecule has 2 aromatic heterocycles. The number of rotatable bonds is 3. The summed E-state index contributed by atoms with van der Waals surface area (Å²) in [7, 11) is 0. The van der Waals surface area contributed by atoms with Gasteiger partial charge in [0.1, 0.15) is 5.82 Å². The van der Waals surface area contributed by atoms with Crippen LogP contribution in [0.5, 0.6) is 0 Å². The van der Waals surface area contributed by atoms with Crippen molar-refractivity contribution < 1.29 is 0 Å².